The highest BCUT2D eigenvalue weighted by atomic mass is 35.5. The van der Waals surface area contributed by atoms with Gasteiger partial charge in [-0.25, -0.2) is 8.42 Å². The van der Waals surface area contributed by atoms with Crippen LogP contribution in [-0.4, -0.2) is 30.4 Å². The minimum Gasteiger partial charge on any atom is -0.349 e. The largest absolute Gasteiger partial charge is 0.349 e. The van der Waals surface area contributed by atoms with Crippen LogP contribution in [0.25, 0.3) is 0 Å². The quantitative estimate of drug-likeness (QED) is 0.757. The fourth-order valence-corrected chi connectivity index (χ4v) is 3.33. The molecular weight excluding hydrogens is 272 g/mol. The number of nitrogens with zero attached hydrogens (tertiary/aromatic N) is 2. The third kappa shape index (κ3) is 3.08. The average Bonchev–Trinajstić information content (AvgIpc) is 2.72. The first-order chi connectivity index (χ1) is 8.34. The first kappa shape index (κ1) is 15.5. The SMILES string of the molecule is CCCn1cc(S(=O)(=O)N(C)C(C)C)cc1CCl. The van der Waals surface area contributed by atoms with Gasteiger partial charge in [0.05, 0.1) is 5.88 Å². The molecular formula is C12H21ClN2O2S. The Labute approximate surface area is 115 Å². The summed E-state index contributed by atoms with van der Waals surface area (Å²) in [5.41, 5.74) is 0.842. The van der Waals surface area contributed by atoms with Crippen molar-refractivity contribution in [3.8, 4) is 0 Å². The van der Waals surface area contributed by atoms with Crippen LogP contribution in [-0.2, 0) is 22.4 Å². The van der Waals surface area contributed by atoms with E-state index in [9.17, 15) is 8.42 Å². The summed E-state index contributed by atoms with van der Waals surface area (Å²) in [6.07, 6.45) is 2.62. The van der Waals surface area contributed by atoms with E-state index >= 15 is 0 Å². The van der Waals surface area contributed by atoms with Crippen molar-refractivity contribution in [1.29, 1.82) is 0 Å². The standard InChI is InChI=1S/C12H21ClN2O2S/c1-5-6-15-9-12(7-11(15)8-13)18(16,17)14(4)10(2)3/h7,9-10H,5-6,8H2,1-4H3. The van der Waals surface area contributed by atoms with E-state index in [-0.39, 0.29) is 6.04 Å². The summed E-state index contributed by atoms with van der Waals surface area (Å²) in [6.45, 7) is 6.53. The minimum atomic E-state index is -3.41. The Hall–Kier alpha value is -0.520. The lowest BCUT2D eigenvalue weighted by molar-refractivity contribution is 0.410. The Morgan fingerprint density at radius 1 is 1.44 bits per heavy atom. The number of sulfonamides is 1. The van der Waals surface area contributed by atoms with Gasteiger partial charge in [-0.2, -0.15) is 4.31 Å². The monoisotopic (exact) mass is 292 g/mol. The minimum absolute atomic E-state index is 0.0658. The molecule has 0 fully saturated rings. The third-order valence-electron chi connectivity index (χ3n) is 2.97. The molecule has 0 atom stereocenters. The van der Waals surface area contributed by atoms with Crippen molar-refractivity contribution in [2.24, 2.45) is 0 Å². The van der Waals surface area contributed by atoms with Gasteiger partial charge in [-0.1, -0.05) is 6.92 Å². The normalized spacial score (nSPS) is 12.6. The summed E-state index contributed by atoms with van der Waals surface area (Å²) >= 11 is 5.84. The summed E-state index contributed by atoms with van der Waals surface area (Å²) in [5, 5.41) is 0. The van der Waals surface area contributed by atoms with Gasteiger partial charge in [0.2, 0.25) is 10.0 Å². The van der Waals surface area contributed by atoms with Crippen LogP contribution in [0.2, 0.25) is 0 Å². The molecule has 0 aliphatic heterocycles. The van der Waals surface area contributed by atoms with Crippen molar-refractivity contribution in [3.63, 3.8) is 0 Å². The zero-order valence-electron chi connectivity index (χ0n) is 11.4. The predicted molar refractivity (Wildman–Crippen MR) is 74.4 cm³/mol. The van der Waals surface area contributed by atoms with Crippen molar-refractivity contribution in [2.75, 3.05) is 7.05 Å². The maximum absolute atomic E-state index is 12.3. The van der Waals surface area contributed by atoms with Crippen LogP contribution in [0, 0.1) is 0 Å². The van der Waals surface area contributed by atoms with E-state index in [4.69, 9.17) is 11.6 Å². The van der Waals surface area contributed by atoms with E-state index in [1.807, 2.05) is 25.3 Å². The van der Waals surface area contributed by atoms with E-state index < -0.39 is 10.0 Å². The summed E-state index contributed by atoms with van der Waals surface area (Å²) in [4.78, 5) is 0.322. The van der Waals surface area contributed by atoms with Gasteiger partial charge in [-0.3, -0.25) is 0 Å². The summed E-state index contributed by atoms with van der Waals surface area (Å²) in [6, 6.07) is 1.60. The lowest BCUT2D eigenvalue weighted by atomic mass is 10.4. The number of alkyl halides is 1. The second-order valence-corrected chi connectivity index (χ2v) is 6.87. The molecule has 0 amide bonds. The van der Waals surface area contributed by atoms with E-state index in [1.54, 1.807) is 19.3 Å². The van der Waals surface area contributed by atoms with Crippen LogP contribution in [0.4, 0.5) is 0 Å². The van der Waals surface area contributed by atoms with Crippen molar-refractivity contribution in [3.05, 3.63) is 18.0 Å². The molecule has 1 heterocycles. The molecule has 0 unspecified atom stereocenters. The zero-order valence-corrected chi connectivity index (χ0v) is 12.9. The molecule has 0 aliphatic rings. The Bertz CT molecular complexity index is 494. The smallest absolute Gasteiger partial charge is 0.244 e. The maximum atomic E-state index is 12.3. The Morgan fingerprint density at radius 3 is 2.50 bits per heavy atom. The van der Waals surface area contributed by atoms with Crippen LogP contribution in [0.3, 0.4) is 0 Å². The predicted octanol–water partition coefficient (Wildman–Crippen LogP) is 2.67. The van der Waals surface area contributed by atoms with Crippen molar-refractivity contribution >= 4 is 21.6 Å². The van der Waals surface area contributed by atoms with Crippen LogP contribution in [0.1, 0.15) is 32.9 Å². The molecule has 0 saturated carbocycles. The third-order valence-corrected chi connectivity index (χ3v) is 5.24. The van der Waals surface area contributed by atoms with Crippen LogP contribution in [0.5, 0.6) is 0 Å². The van der Waals surface area contributed by atoms with Crippen LogP contribution >= 0.6 is 11.6 Å². The van der Waals surface area contributed by atoms with Gasteiger partial charge in [0.25, 0.3) is 0 Å². The summed E-state index contributed by atoms with van der Waals surface area (Å²) in [5.74, 6) is 0.320. The Morgan fingerprint density at radius 2 is 2.06 bits per heavy atom. The van der Waals surface area contributed by atoms with Gasteiger partial charge in [-0.15, -0.1) is 11.6 Å². The van der Waals surface area contributed by atoms with Gasteiger partial charge in [0, 0.05) is 31.5 Å². The van der Waals surface area contributed by atoms with Gasteiger partial charge in [0.15, 0.2) is 0 Å². The molecule has 104 valence electrons. The fourth-order valence-electron chi connectivity index (χ4n) is 1.67. The number of hydrogen-bond acceptors (Lipinski definition) is 2. The summed E-state index contributed by atoms with van der Waals surface area (Å²) in [7, 11) is -1.82. The van der Waals surface area contributed by atoms with Gasteiger partial charge < -0.3 is 4.57 Å². The van der Waals surface area contributed by atoms with Crippen LogP contribution < -0.4 is 0 Å². The lowest BCUT2D eigenvalue weighted by Gasteiger charge is -2.19. The topological polar surface area (TPSA) is 42.3 Å². The first-order valence-electron chi connectivity index (χ1n) is 6.07. The van der Waals surface area contributed by atoms with Gasteiger partial charge in [-0.05, 0) is 26.3 Å². The number of rotatable bonds is 6. The summed E-state index contributed by atoms with van der Waals surface area (Å²) < 4.78 is 27.9. The highest BCUT2D eigenvalue weighted by Crippen LogP contribution is 2.21. The molecule has 0 radical (unpaired) electrons. The van der Waals surface area contributed by atoms with E-state index in [1.165, 1.54) is 4.31 Å². The molecule has 0 aromatic carbocycles. The number of halogens is 1. The Balaban J connectivity index is 3.17. The molecule has 1 aromatic rings. The first-order valence-corrected chi connectivity index (χ1v) is 8.05. The zero-order chi connectivity index (χ0) is 13.9. The molecule has 0 bridgehead atoms. The lowest BCUT2D eigenvalue weighted by Crippen LogP contribution is -2.32. The second kappa shape index (κ2) is 6.08. The number of aryl methyl sites for hydroxylation is 1. The molecule has 0 aliphatic carbocycles. The molecule has 1 aromatic heterocycles. The second-order valence-electron chi connectivity index (χ2n) is 4.61. The molecule has 0 N–H and O–H groups in total. The molecule has 1 rings (SSSR count). The molecule has 18 heavy (non-hydrogen) atoms. The molecule has 6 heteroatoms. The van der Waals surface area contributed by atoms with E-state index in [0.29, 0.717) is 10.8 Å². The van der Waals surface area contributed by atoms with Crippen molar-refractivity contribution in [1.82, 2.24) is 8.87 Å². The van der Waals surface area contributed by atoms with Crippen molar-refractivity contribution in [2.45, 2.75) is 50.6 Å². The fraction of sp³-hybridized carbons (Fsp3) is 0.667. The van der Waals surface area contributed by atoms with E-state index in [0.717, 1.165) is 18.7 Å². The van der Waals surface area contributed by atoms with Crippen molar-refractivity contribution < 1.29 is 8.42 Å². The van der Waals surface area contributed by atoms with Gasteiger partial charge >= 0.3 is 0 Å². The Kier molecular flexibility index (Phi) is 5.25. The molecule has 4 nitrogen and oxygen atoms in total. The molecule has 0 saturated heterocycles. The average molecular weight is 293 g/mol. The van der Waals surface area contributed by atoms with E-state index in [2.05, 4.69) is 0 Å². The molecule has 0 spiro atoms. The van der Waals surface area contributed by atoms with Crippen LogP contribution in [0.15, 0.2) is 17.2 Å². The maximum Gasteiger partial charge on any atom is 0.244 e. The number of aromatic nitrogens is 1. The number of hydrogen-bond donors (Lipinski definition) is 0. The highest BCUT2D eigenvalue weighted by Gasteiger charge is 2.25. The highest BCUT2D eigenvalue weighted by molar-refractivity contribution is 7.89. The van der Waals surface area contributed by atoms with Gasteiger partial charge in [0.1, 0.15) is 4.90 Å².